The van der Waals surface area contributed by atoms with Crippen LogP contribution in [0.2, 0.25) is 10.0 Å². The molecule has 2 aromatic carbocycles. The Labute approximate surface area is 216 Å². The molecule has 2 heterocycles. The van der Waals surface area contributed by atoms with Gasteiger partial charge in [0.1, 0.15) is 5.76 Å². The highest BCUT2D eigenvalue weighted by Crippen LogP contribution is 2.29. The van der Waals surface area contributed by atoms with Gasteiger partial charge in [0, 0.05) is 41.4 Å². The van der Waals surface area contributed by atoms with E-state index in [0.717, 1.165) is 5.69 Å². The number of ketones is 1. The van der Waals surface area contributed by atoms with E-state index in [9.17, 15) is 13.8 Å². The standard InChI is InChI=1S/C25H25Cl2N3O4S/c1-15-13-28-24(34-15)22(31)14-35(33)23-8-7-18(11-21(23)27)25(32)30-10-9-29(16(2)17(30)3)20-6-4-5-19(26)12-20/h4-8,11-13,16-17H,9-10,14H2,1-3H3. The molecule has 3 aromatic rings. The van der Waals surface area contributed by atoms with Gasteiger partial charge in [-0.25, -0.2) is 4.98 Å². The molecule has 1 amide bonds. The second kappa shape index (κ2) is 10.5. The SMILES string of the molecule is Cc1cnc(C(=O)CS(=O)c2ccc(C(=O)N3CCN(c4cccc(Cl)c4)C(C)C3C)cc2Cl)o1. The summed E-state index contributed by atoms with van der Waals surface area (Å²) in [5, 5.41) is 0.842. The van der Waals surface area contributed by atoms with Gasteiger partial charge < -0.3 is 14.2 Å². The van der Waals surface area contributed by atoms with Gasteiger partial charge in [-0.1, -0.05) is 29.3 Å². The number of carbonyl (C=O) groups excluding carboxylic acids is 2. The molecule has 7 nitrogen and oxygen atoms in total. The fourth-order valence-corrected chi connectivity index (χ4v) is 5.81. The number of carbonyl (C=O) groups is 2. The van der Waals surface area contributed by atoms with E-state index in [1.807, 2.05) is 36.1 Å². The van der Waals surface area contributed by atoms with Crippen molar-refractivity contribution in [1.82, 2.24) is 9.88 Å². The third-order valence-electron chi connectivity index (χ3n) is 6.21. The first kappa shape index (κ1) is 25.4. The van der Waals surface area contributed by atoms with Crippen LogP contribution in [0.5, 0.6) is 0 Å². The molecule has 3 unspecified atom stereocenters. The number of hydrogen-bond acceptors (Lipinski definition) is 6. The summed E-state index contributed by atoms with van der Waals surface area (Å²) < 4.78 is 18.0. The molecule has 10 heteroatoms. The normalized spacial score (nSPS) is 19.0. The van der Waals surface area contributed by atoms with Crippen LogP contribution in [0.4, 0.5) is 5.69 Å². The van der Waals surface area contributed by atoms with Crippen LogP contribution < -0.4 is 4.90 Å². The minimum Gasteiger partial charge on any atom is -0.439 e. The number of aromatic nitrogens is 1. The average Bonchev–Trinajstić information content (AvgIpc) is 3.26. The molecule has 0 spiro atoms. The van der Waals surface area contributed by atoms with E-state index in [0.29, 0.717) is 29.4 Å². The van der Waals surface area contributed by atoms with E-state index in [4.69, 9.17) is 27.6 Å². The number of oxazole rings is 1. The second-order valence-corrected chi connectivity index (χ2v) is 10.8. The number of hydrogen-bond donors (Lipinski definition) is 0. The van der Waals surface area contributed by atoms with Crippen LogP contribution in [0.15, 0.2) is 58.0 Å². The molecule has 184 valence electrons. The topological polar surface area (TPSA) is 83.7 Å². The molecule has 0 radical (unpaired) electrons. The number of rotatable bonds is 6. The van der Waals surface area contributed by atoms with E-state index in [1.54, 1.807) is 13.0 Å². The lowest BCUT2D eigenvalue weighted by atomic mass is 10.0. The maximum Gasteiger partial charge on any atom is 0.264 e. The fourth-order valence-electron chi connectivity index (χ4n) is 4.18. The summed E-state index contributed by atoms with van der Waals surface area (Å²) >= 11 is 12.6. The van der Waals surface area contributed by atoms with Gasteiger partial charge in [0.05, 0.1) is 32.7 Å². The smallest absolute Gasteiger partial charge is 0.264 e. The van der Waals surface area contributed by atoms with Crippen molar-refractivity contribution in [2.75, 3.05) is 23.7 Å². The summed E-state index contributed by atoms with van der Waals surface area (Å²) in [7, 11) is -1.71. The zero-order valence-corrected chi connectivity index (χ0v) is 21.9. The van der Waals surface area contributed by atoms with E-state index in [-0.39, 0.29) is 39.6 Å². The summed E-state index contributed by atoms with van der Waals surface area (Å²) in [6, 6.07) is 12.3. The van der Waals surface area contributed by atoms with Gasteiger partial charge in [0.15, 0.2) is 0 Å². The van der Waals surface area contributed by atoms with Gasteiger partial charge in [0.2, 0.25) is 5.78 Å². The average molecular weight is 534 g/mol. The van der Waals surface area contributed by atoms with Crippen LogP contribution in [0.25, 0.3) is 0 Å². The molecule has 0 N–H and O–H groups in total. The summed E-state index contributed by atoms with van der Waals surface area (Å²) in [5.41, 5.74) is 1.42. The highest BCUT2D eigenvalue weighted by atomic mass is 35.5. The molecule has 1 aromatic heterocycles. The number of halogens is 2. The predicted octanol–water partition coefficient (Wildman–Crippen LogP) is 5.02. The molecular formula is C25H25Cl2N3O4S. The van der Waals surface area contributed by atoms with Crippen LogP contribution in [-0.2, 0) is 10.8 Å². The number of piperazine rings is 1. The molecule has 35 heavy (non-hydrogen) atoms. The van der Waals surface area contributed by atoms with Crippen molar-refractivity contribution in [2.24, 2.45) is 0 Å². The molecular weight excluding hydrogens is 509 g/mol. The number of anilines is 1. The Morgan fingerprint density at radius 3 is 2.54 bits per heavy atom. The third kappa shape index (κ3) is 5.44. The lowest BCUT2D eigenvalue weighted by Gasteiger charge is -2.46. The van der Waals surface area contributed by atoms with Crippen molar-refractivity contribution >= 4 is 51.4 Å². The van der Waals surface area contributed by atoms with Crippen molar-refractivity contribution in [3.05, 3.63) is 75.9 Å². The summed E-state index contributed by atoms with van der Waals surface area (Å²) in [5.74, 6) is -0.531. The van der Waals surface area contributed by atoms with Crippen LogP contribution in [0.1, 0.15) is 40.7 Å². The largest absolute Gasteiger partial charge is 0.439 e. The lowest BCUT2D eigenvalue weighted by Crippen LogP contribution is -2.59. The Bertz CT molecular complexity index is 1300. The Morgan fingerprint density at radius 1 is 1.11 bits per heavy atom. The maximum atomic E-state index is 13.3. The van der Waals surface area contributed by atoms with Gasteiger partial charge in [-0.05, 0) is 57.2 Å². The number of amides is 1. The first-order valence-corrected chi connectivity index (χ1v) is 13.2. The summed E-state index contributed by atoms with van der Waals surface area (Å²) in [6.45, 7) is 6.96. The van der Waals surface area contributed by atoms with Gasteiger partial charge >= 0.3 is 0 Å². The van der Waals surface area contributed by atoms with E-state index >= 15 is 0 Å². The third-order valence-corrected chi connectivity index (χ3v) is 8.24. The van der Waals surface area contributed by atoms with Crippen molar-refractivity contribution in [3.8, 4) is 0 Å². The molecule has 3 atom stereocenters. The first-order chi connectivity index (χ1) is 16.7. The number of nitrogens with zero attached hydrogens (tertiary/aromatic N) is 3. The predicted molar refractivity (Wildman–Crippen MR) is 137 cm³/mol. The molecule has 0 saturated carbocycles. The molecule has 4 rings (SSSR count). The fraction of sp³-hybridized carbons (Fsp3) is 0.320. The van der Waals surface area contributed by atoms with E-state index in [1.165, 1.54) is 18.3 Å². The lowest BCUT2D eigenvalue weighted by molar-refractivity contribution is 0.0634. The van der Waals surface area contributed by atoms with Crippen LogP contribution >= 0.6 is 23.2 Å². The minimum atomic E-state index is -1.71. The number of Topliss-reactive ketones (excluding diaryl/α,β-unsaturated/α-hetero) is 1. The molecule has 1 saturated heterocycles. The monoisotopic (exact) mass is 533 g/mol. The molecule has 1 aliphatic heterocycles. The van der Waals surface area contributed by atoms with Gasteiger partial charge in [-0.2, -0.15) is 0 Å². The number of aryl methyl sites for hydroxylation is 1. The van der Waals surface area contributed by atoms with Gasteiger partial charge in [-0.3, -0.25) is 13.8 Å². The van der Waals surface area contributed by atoms with Gasteiger partial charge in [-0.15, -0.1) is 0 Å². The van der Waals surface area contributed by atoms with Crippen molar-refractivity contribution in [2.45, 2.75) is 37.8 Å². The molecule has 1 aliphatic rings. The highest BCUT2D eigenvalue weighted by molar-refractivity contribution is 7.86. The van der Waals surface area contributed by atoms with Crippen molar-refractivity contribution < 1.29 is 18.2 Å². The Hall–Kier alpha value is -2.68. The summed E-state index contributed by atoms with van der Waals surface area (Å²) in [4.78, 5) is 33.8. The van der Waals surface area contributed by atoms with Gasteiger partial charge in [0.25, 0.3) is 11.8 Å². The number of benzene rings is 2. The van der Waals surface area contributed by atoms with Crippen LogP contribution in [0, 0.1) is 6.92 Å². The summed E-state index contributed by atoms with van der Waals surface area (Å²) in [6.07, 6.45) is 1.43. The minimum absolute atomic E-state index is 0.0651. The first-order valence-electron chi connectivity index (χ1n) is 11.1. The Morgan fingerprint density at radius 2 is 1.89 bits per heavy atom. The van der Waals surface area contributed by atoms with E-state index in [2.05, 4.69) is 16.8 Å². The zero-order valence-electron chi connectivity index (χ0n) is 19.5. The van der Waals surface area contributed by atoms with Crippen molar-refractivity contribution in [1.29, 1.82) is 0 Å². The highest BCUT2D eigenvalue weighted by Gasteiger charge is 2.34. The van der Waals surface area contributed by atoms with Crippen LogP contribution in [-0.4, -0.2) is 56.7 Å². The van der Waals surface area contributed by atoms with Crippen molar-refractivity contribution in [3.63, 3.8) is 0 Å². The maximum absolute atomic E-state index is 13.3. The quantitative estimate of drug-likeness (QED) is 0.413. The molecule has 0 bridgehead atoms. The second-order valence-electron chi connectivity index (χ2n) is 8.49. The van der Waals surface area contributed by atoms with Crippen LogP contribution in [0.3, 0.4) is 0 Å². The Kier molecular flexibility index (Phi) is 7.64. The molecule has 1 fully saturated rings. The van der Waals surface area contributed by atoms with E-state index < -0.39 is 16.6 Å². The Balaban J connectivity index is 1.46. The zero-order chi connectivity index (χ0) is 25.3. The molecule has 0 aliphatic carbocycles.